The summed E-state index contributed by atoms with van der Waals surface area (Å²) in [5.74, 6) is -1.86. The van der Waals surface area contributed by atoms with Crippen molar-refractivity contribution in [2.45, 2.75) is 44.4 Å². The average molecular weight is 483 g/mol. The van der Waals surface area contributed by atoms with Crippen molar-refractivity contribution >= 4 is 23.5 Å². The molecule has 0 aromatic heterocycles. The molecule has 0 spiro atoms. The molecule has 2 aliphatic heterocycles. The molecule has 2 heterocycles. The minimum atomic E-state index is -1.82. The SMILES string of the molecule is COc1cccc(C2CCCN(CCc3ccccc3N3CCCCC3=O)C2)c1.O=C(O)C(=O)O. The molecule has 0 bridgehead atoms. The number of likely N-dealkylation sites (tertiary alicyclic amines) is 1. The van der Waals surface area contributed by atoms with Gasteiger partial charge in [-0.15, -0.1) is 0 Å². The number of carboxylic acids is 2. The lowest BCUT2D eigenvalue weighted by molar-refractivity contribution is -0.159. The highest BCUT2D eigenvalue weighted by atomic mass is 16.5. The smallest absolute Gasteiger partial charge is 0.414 e. The molecule has 8 nitrogen and oxygen atoms in total. The molecule has 0 saturated carbocycles. The van der Waals surface area contributed by atoms with E-state index in [2.05, 4.69) is 47.4 Å². The largest absolute Gasteiger partial charge is 0.497 e. The third kappa shape index (κ3) is 7.55. The van der Waals surface area contributed by atoms with E-state index in [1.807, 2.05) is 11.0 Å². The third-order valence-corrected chi connectivity index (χ3v) is 6.56. The van der Waals surface area contributed by atoms with Gasteiger partial charge in [0.1, 0.15) is 5.75 Å². The quantitative estimate of drug-likeness (QED) is 0.603. The molecular formula is C27H34N2O6. The minimum absolute atomic E-state index is 0.278. The number of anilines is 1. The van der Waals surface area contributed by atoms with E-state index >= 15 is 0 Å². The Hall–Kier alpha value is -3.39. The van der Waals surface area contributed by atoms with Crippen LogP contribution in [-0.2, 0) is 20.8 Å². The summed E-state index contributed by atoms with van der Waals surface area (Å²) >= 11 is 0. The Morgan fingerprint density at radius 1 is 1.00 bits per heavy atom. The highest BCUT2D eigenvalue weighted by molar-refractivity contribution is 6.27. The van der Waals surface area contributed by atoms with Gasteiger partial charge in [-0.2, -0.15) is 0 Å². The number of benzene rings is 2. The summed E-state index contributed by atoms with van der Waals surface area (Å²) in [7, 11) is 1.73. The molecule has 1 atom stereocenters. The van der Waals surface area contributed by atoms with Gasteiger partial charge in [0.05, 0.1) is 7.11 Å². The number of rotatable bonds is 6. The molecule has 2 N–H and O–H groups in total. The number of nitrogens with zero attached hydrogens (tertiary/aromatic N) is 2. The lowest BCUT2D eigenvalue weighted by Gasteiger charge is -2.34. The first-order valence-corrected chi connectivity index (χ1v) is 12.1. The lowest BCUT2D eigenvalue weighted by Crippen LogP contribution is -2.37. The number of aliphatic carboxylic acids is 2. The Kier molecular flexibility index (Phi) is 9.66. The Balaban J connectivity index is 0.000000509. The fourth-order valence-corrected chi connectivity index (χ4v) is 4.75. The van der Waals surface area contributed by atoms with Crippen LogP contribution in [0.15, 0.2) is 48.5 Å². The number of carbonyl (C=O) groups excluding carboxylic acids is 1. The third-order valence-electron chi connectivity index (χ3n) is 6.56. The molecule has 2 aliphatic rings. The zero-order valence-electron chi connectivity index (χ0n) is 20.2. The van der Waals surface area contributed by atoms with Gasteiger partial charge >= 0.3 is 11.9 Å². The fraction of sp³-hybridized carbons (Fsp3) is 0.444. The topological polar surface area (TPSA) is 107 Å². The number of hydrogen-bond acceptors (Lipinski definition) is 5. The number of carboxylic acid groups (broad SMARTS) is 2. The molecule has 35 heavy (non-hydrogen) atoms. The average Bonchev–Trinajstić information content (AvgIpc) is 2.88. The van der Waals surface area contributed by atoms with Gasteiger partial charge in [0.25, 0.3) is 0 Å². The molecule has 1 unspecified atom stereocenters. The van der Waals surface area contributed by atoms with Gasteiger partial charge < -0.3 is 24.7 Å². The maximum absolute atomic E-state index is 12.4. The van der Waals surface area contributed by atoms with E-state index in [1.165, 1.54) is 24.0 Å². The summed E-state index contributed by atoms with van der Waals surface area (Å²) in [5, 5.41) is 14.8. The molecular weight excluding hydrogens is 448 g/mol. The van der Waals surface area contributed by atoms with Gasteiger partial charge in [-0.3, -0.25) is 4.79 Å². The van der Waals surface area contributed by atoms with Gasteiger partial charge in [-0.05, 0) is 73.9 Å². The van der Waals surface area contributed by atoms with Crippen molar-refractivity contribution in [2.24, 2.45) is 0 Å². The highest BCUT2D eigenvalue weighted by Gasteiger charge is 2.24. The van der Waals surface area contributed by atoms with Crippen LogP contribution in [0.25, 0.3) is 0 Å². The van der Waals surface area contributed by atoms with Crippen LogP contribution in [0.2, 0.25) is 0 Å². The van der Waals surface area contributed by atoms with Crippen LogP contribution >= 0.6 is 0 Å². The van der Waals surface area contributed by atoms with Crippen molar-refractivity contribution in [3.05, 3.63) is 59.7 Å². The summed E-state index contributed by atoms with van der Waals surface area (Å²) in [5.41, 5.74) is 3.80. The van der Waals surface area contributed by atoms with E-state index in [-0.39, 0.29) is 5.91 Å². The highest BCUT2D eigenvalue weighted by Crippen LogP contribution is 2.30. The standard InChI is InChI=1S/C25H32N2O2.C2H2O4/c1-29-23-11-6-9-21(18-23)22-10-7-15-26(19-22)17-14-20-8-2-3-12-24(20)27-16-5-4-13-25(27)28;3-1(4)2(5)6/h2-3,6,8-9,11-12,18,22H,4-5,7,10,13-17,19H2,1H3;(H,3,4)(H,5,6). The predicted molar refractivity (Wildman–Crippen MR) is 133 cm³/mol. The van der Waals surface area contributed by atoms with Crippen molar-refractivity contribution in [3.8, 4) is 5.75 Å². The first-order valence-electron chi connectivity index (χ1n) is 12.1. The van der Waals surface area contributed by atoms with Gasteiger partial charge in [-0.25, -0.2) is 9.59 Å². The molecule has 8 heteroatoms. The van der Waals surface area contributed by atoms with Gasteiger partial charge in [0.15, 0.2) is 0 Å². The van der Waals surface area contributed by atoms with Gasteiger partial charge in [0, 0.05) is 31.7 Å². The number of ether oxygens (including phenoxy) is 1. The normalized spacial score (nSPS) is 18.4. The van der Waals surface area contributed by atoms with E-state index in [0.29, 0.717) is 12.3 Å². The van der Waals surface area contributed by atoms with Crippen LogP contribution < -0.4 is 9.64 Å². The lowest BCUT2D eigenvalue weighted by atomic mass is 9.90. The van der Waals surface area contributed by atoms with E-state index < -0.39 is 11.9 Å². The minimum Gasteiger partial charge on any atom is -0.497 e. The van der Waals surface area contributed by atoms with Crippen LogP contribution in [0.4, 0.5) is 5.69 Å². The fourth-order valence-electron chi connectivity index (χ4n) is 4.75. The van der Waals surface area contributed by atoms with Crippen molar-refractivity contribution in [1.82, 2.24) is 4.90 Å². The Morgan fingerprint density at radius 3 is 2.49 bits per heavy atom. The van der Waals surface area contributed by atoms with Crippen LogP contribution in [0.3, 0.4) is 0 Å². The zero-order chi connectivity index (χ0) is 25.2. The summed E-state index contributed by atoms with van der Waals surface area (Å²) in [6, 6.07) is 17.0. The summed E-state index contributed by atoms with van der Waals surface area (Å²) < 4.78 is 5.41. The molecule has 2 aromatic rings. The first-order chi connectivity index (χ1) is 16.9. The number of carbonyl (C=O) groups is 3. The van der Waals surface area contributed by atoms with Crippen LogP contribution in [0, 0.1) is 0 Å². The first kappa shape index (κ1) is 26.2. The maximum atomic E-state index is 12.4. The second-order valence-corrected chi connectivity index (χ2v) is 8.91. The molecule has 0 radical (unpaired) electrons. The van der Waals surface area contributed by atoms with Gasteiger partial charge in [-0.1, -0.05) is 30.3 Å². The van der Waals surface area contributed by atoms with E-state index in [0.717, 1.165) is 56.9 Å². The second-order valence-electron chi connectivity index (χ2n) is 8.91. The molecule has 2 aromatic carbocycles. The summed E-state index contributed by atoms with van der Waals surface area (Å²) in [6.07, 6.45) is 6.27. The van der Waals surface area contributed by atoms with Crippen molar-refractivity contribution in [2.75, 3.05) is 38.2 Å². The van der Waals surface area contributed by atoms with Crippen LogP contribution in [0.5, 0.6) is 5.75 Å². The number of amides is 1. The number of hydrogen-bond donors (Lipinski definition) is 2. The number of para-hydroxylation sites is 1. The molecule has 2 fully saturated rings. The Morgan fingerprint density at radius 2 is 1.77 bits per heavy atom. The molecule has 0 aliphatic carbocycles. The van der Waals surface area contributed by atoms with Gasteiger partial charge in [0.2, 0.25) is 5.91 Å². The van der Waals surface area contributed by atoms with E-state index in [9.17, 15) is 4.79 Å². The molecule has 188 valence electrons. The van der Waals surface area contributed by atoms with Crippen molar-refractivity contribution < 1.29 is 29.3 Å². The zero-order valence-corrected chi connectivity index (χ0v) is 20.2. The molecule has 1 amide bonds. The number of piperidine rings is 2. The Bertz CT molecular complexity index is 1010. The Labute approximate surface area is 206 Å². The van der Waals surface area contributed by atoms with Crippen LogP contribution in [-0.4, -0.2) is 66.2 Å². The summed E-state index contributed by atoms with van der Waals surface area (Å²) in [6.45, 7) is 4.15. The van der Waals surface area contributed by atoms with E-state index in [4.69, 9.17) is 24.5 Å². The van der Waals surface area contributed by atoms with E-state index in [1.54, 1.807) is 7.11 Å². The number of methoxy groups -OCH3 is 1. The van der Waals surface area contributed by atoms with Crippen molar-refractivity contribution in [3.63, 3.8) is 0 Å². The molecule has 2 saturated heterocycles. The maximum Gasteiger partial charge on any atom is 0.414 e. The molecule has 4 rings (SSSR count). The summed E-state index contributed by atoms with van der Waals surface area (Å²) in [4.78, 5) is 35.2. The predicted octanol–water partition coefficient (Wildman–Crippen LogP) is 3.79. The van der Waals surface area contributed by atoms with Crippen LogP contribution in [0.1, 0.15) is 49.1 Å². The monoisotopic (exact) mass is 482 g/mol. The second kappa shape index (κ2) is 12.9. The van der Waals surface area contributed by atoms with Crippen molar-refractivity contribution in [1.29, 1.82) is 0 Å².